The lowest BCUT2D eigenvalue weighted by molar-refractivity contribution is 0.387. The summed E-state index contributed by atoms with van der Waals surface area (Å²) in [5, 5.41) is 3.31. The Labute approximate surface area is 155 Å². The molecule has 0 radical (unpaired) electrons. The molecule has 26 heavy (non-hydrogen) atoms. The maximum absolute atomic E-state index is 11.6. The fourth-order valence-electron chi connectivity index (χ4n) is 3.24. The second-order valence-corrected chi connectivity index (χ2v) is 11.4. The van der Waals surface area contributed by atoms with E-state index in [-0.39, 0.29) is 11.8 Å². The van der Waals surface area contributed by atoms with Gasteiger partial charge >= 0.3 is 0 Å². The second-order valence-electron chi connectivity index (χ2n) is 7.23. The topological polar surface area (TPSA) is 99.7 Å². The van der Waals surface area contributed by atoms with Crippen molar-refractivity contribution < 1.29 is 16.8 Å². The first-order valence-corrected chi connectivity index (χ1v) is 12.6. The lowest BCUT2D eigenvalue weighted by Crippen LogP contribution is -2.48. The van der Waals surface area contributed by atoms with E-state index in [1.807, 2.05) is 12.1 Å². The minimum atomic E-state index is -3.14. The van der Waals surface area contributed by atoms with Gasteiger partial charge in [0.15, 0.2) is 0 Å². The van der Waals surface area contributed by atoms with E-state index in [9.17, 15) is 16.8 Å². The zero-order chi connectivity index (χ0) is 18.9. The van der Waals surface area contributed by atoms with Crippen LogP contribution in [-0.4, -0.2) is 76.6 Å². The van der Waals surface area contributed by atoms with Crippen molar-refractivity contribution in [1.82, 2.24) is 9.29 Å². The first kappa shape index (κ1) is 19.4. The van der Waals surface area contributed by atoms with Gasteiger partial charge in [-0.25, -0.2) is 21.8 Å². The van der Waals surface area contributed by atoms with Crippen LogP contribution in [0.3, 0.4) is 0 Å². The molecule has 10 heteroatoms. The van der Waals surface area contributed by atoms with Crippen molar-refractivity contribution in [2.45, 2.75) is 18.9 Å². The van der Waals surface area contributed by atoms with Crippen LogP contribution in [0, 0.1) is 5.92 Å². The van der Waals surface area contributed by atoms with Gasteiger partial charge < -0.3 is 10.2 Å². The lowest BCUT2D eigenvalue weighted by atomic mass is 10.2. The van der Waals surface area contributed by atoms with Gasteiger partial charge in [-0.3, -0.25) is 0 Å². The summed E-state index contributed by atoms with van der Waals surface area (Å²) < 4.78 is 47.9. The third-order valence-corrected chi connectivity index (χ3v) is 7.07. The summed E-state index contributed by atoms with van der Waals surface area (Å²) in [6.07, 6.45) is 6.33. The zero-order valence-corrected chi connectivity index (χ0v) is 16.8. The molecule has 0 amide bonds. The Morgan fingerprint density at radius 1 is 1.12 bits per heavy atom. The molecule has 8 nitrogen and oxygen atoms in total. The van der Waals surface area contributed by atoms with Crippen molar-refractivity contribution in [3.05, 3.63) is 18.3 Å². The molecule has 1 N–H and O–H groups in total. The molecule has 0 bridgehead atoms. The van der Waals surface area contributed by atoms with Crippen LogP contribution in [0.5, 0.6) is 0 Å². The minimum absolute atomic E-state index is 0.0732. The number of rotatable bonds is 7. The molecule has 1 unspecified atom stereocenters. The van der Waals surface area contributed by atoms with Crippen LogP contribution >= 0.6 is 0 Å². The van der Waals surface area contributed by atoms with Gasteiger partial charge in [0.2, 0.25) is 10.0 Å². The van der Waals surface area contributed by atoms with Gasteiger partial charge in [0, 0.05) is 38.5 Å². The van der Waals surface area contributed by atoms with Crippen LogP contribution in [0.2, 0.25) is 0 Å². The van der Waals surface area contributed by atoms with E-state index in [0.717, 1.165) is 24.3 Å². The number of hydrogen-bond acceptors (Lipinski definition) is 7. The van der Waals surface area contributed by atoms with E-state index in [1.165, 1.54) is 16.8 Å². The number of sulfone groups is 1. The first-order valence-electron chi connectivity index (χ1n) is 8.72. The van der Waals surface area contributed by atoms with Crippen LogP contribution < -0.4 is 10.2 Å². The van der Waals surface area contributed by atoms with Crippen LogP contribution in [0.4, 0.5) is 11.5 Å². The largest absolute Gasteiger partial charge is 0.380 e. The molecule has 1 aromatic rings. The van der Waals surface area contributed by atoms with Crippen molar-refractivity contribution in [2.24, 2.45) is 5.92 Å². The molecule has 3 rings (SSSR count). The third kappa shape index (κ3) is 5.31. The van der Waals surface area contributed by atoms with Gasteiger partial charge in [0.1, 0.15) is 15.7 Å². The Morgan fingerprint density at radius 3 is 2.23 bits per heavy atom. The number of hydrogen-bond donors (Lipinski definition) is 1. The van der Waals surface area contributed by atoms with Gasteiger partial charge in [-0.2, -0.15) is 4.31 Å². The fraction of sp³-hybridized carbons (Fsp3) is 0.688. The van der Waals surface area contributed by atoms with Gasteiger partial charge in [0.25, 0.3) is 0 Å². The molecule has 0 spiro atoms. The summed E-state index contributed by atoms with van der Waals surface area (Å²) in [5.74, 6) is 1.34. The maximum atomic E-state index is 11.6. The van der Waals surface area contributed by atoms with Crippen LogP contribution in [0.1, 0.15) is 12.8 Å². The predicted octanol–water partition coefficient (Wildman–Crippen LogP) is 0.398. The number of aromatic nitrogens is 1. The van der Waals surface area contributed by atoms with E-state index in [2.05, 4.69) is 15.2 Å². The number of sulfonamides is 1. The summed E-state index contributed by atoms with van der Waals surface area (Å²) in [7, 11) is -6.18. The molecule has 0 aromatic carbocycles. The standard InChI is InChI=1S/C16H26N4O4S2/c1-25(21,22)12-15(13-3-4-13)18-14-5-6-16(17-11-14)19-7-9-20(10-8-19)26(2,23)24/h5-6,11,13,15,18H,3-4,7-10,12H2,1-2H3. The van der Waals surface area contributed by atoms with Crippen molar-refractivity contribution in [1.29, 1.82) is 0 Å². The Morgan fingerprint density at radius 2 is 1.77 bits per heavy atom. The van der Waals surface area contributed by atoms with E-state index >= 15 is 0 Å². The highest BCUT2D eigenvalue weighted by atomic mass is 32.2. The Bertz CT molecular complexity index is 828. The van der Waals surface area contributed by atoms with Crippen LogP contribution in [0.25, 0.3) is 0 Å². The van der Waals surface area contributed by atoms with Crippen molar-refractivity contribution >= 4 is 31.4 Å². The molecule has 1 aromatic heterocycles. The number of pyridine rings is 1. The average molecular weight is 403 g/mol. The fourth-order valence-corrected chi connectivity index (χ4v) is 5.08. The number of piperazine rings is 1. The molecule has 1 atom stereocenters. The third-order valence-electron chi connectivity index (χ3n) is 4.80. The summed E-state index contributed by atoms with van der Waals surface area (Å²) in [6, 6.07) is 3.72. The number of anilines is 2. The molecule has 1 saturated heterocycles. The summed E-state index contributed by atoms with van der Waals surface area (Å²) >= 11 is 0. The van der Waals surface area contributed by atoms with E-state index in [1.54, 1.807) is 6.20 Å². The summed E-state index contributed by atoms with van der Waals surface area (Å²) in [5.41, 5.74) is 0.809. The Kier molecular flexibility index (Phi) is 5.45. The number of nitrogens with one attached hydrogen (secondary N) is 1. The smallest absolute Gasteiger partial charge is 0.211 e. The second kappa shape index (κ2) is 7.32. The molecule has 2 fully saturated rings. The SMILES string of the molecule is CS(=O)(=O)CC(Nc1ccc(N2CCN(S(C)(=O)=O)CC2)nc1)C1CC1. The Balaban J connectivity index is 1.60. The maximum Gasteiger partial charge on any atom is 0.211 e. The highest BCUT2D eigenvalue weighted by molar-refractivity contribution is 7.90. The molecule has 2 heterocycles. The zero-order valence-electron chi connectivity index (χ0n) is 15.1. The molecule has 2 aliphatic rings. The van der Waals surface area contributed by atoms with Gasteiger partial charge in [-0.05, 0) is 30.9 Å². The molecule has 1 aliphatic carbocycles. The highest BCUT2D eigenvalue weighted by Gasteiger charge is 2.33. The quantitative estimate of drug-likeness (QED) is 0.705. The molecule has 146 valence electrons. The molecule has 1 saturated carbocycles. The van der Waals surface area contributed by atoms with E-state index < -0.39 is 19.9 Å². The lowest BCUT2D eigenvalue weighted by Gasteiger charge is -2.34. The molecule has 1 aliphatic heterocycles. The van der Waals surface area contributed by atoms with Gasteiger partial charge in [-0.1, -0.05) is 0 Å². The van der Waals surface area contributed by atoms with Gasteiger partial charge in [-0.15, -0.1) is 0 Å². The van der Waals surface area contributed by atoms with Crippen molar-refractivity contribution in [2.75, 3.05) is 54.7 Å². The predicted molar refractivity (Wildman–Crippen MR) is 103 cm³/mol. The Hall–Kier alpha value is -1.39. The average Bonchev–Trinajstić information content (AvgIpc) is 3.38. The summed E-state index contributed by atoms with van der Waals surface area (Å²) in [6.45, 7) is 2.12. The normalized spacial score (nSPS) is 20.8. The summed E-state index contributed by atoms with van der Waals surface area (Å²) in [4.78, 5) is 6.52. The van der Waals surface area contributed by atoms with Gasteiger partial charge in [0.05, 0.1) is 23.9 Å². The van der Waals surface area contributed by atoms with E-state index in [0.29, 0.717) is 32.1 Å². The van der Waals surface area contributed by atoms with Crippen molar-refractivity contribution in [3.8, 4) is 0 Å². The van der Waals surface area contributed by atoms with Crippen LogP contribution in [-0.2, 0) is 19.9 Å². The number of nitrogens with zero attached hydrogens (tertiary/aromatic N) is 3. The molecular formula is C16H26N4O4S2. The van der Waals surface area contributed by atoms with Crippen LogP contribution in [0.15, 0.2) is 18.3 Å². The van der Waals surface area contributed by atoms with E-state index in [4.69, 9.17) is 0 Å². The minimum Gasteiger partial charge on any atom is -0.380 e. The monoisotopic (exact) mass is 402 g/mol. The van der Waals surface area contributed by atoms with Crippen molar-refractivity contribution in [3.63, 3.8) is 0 Å². The molecular weight excluding hydrogens is 376 g/mol. The first-order chi connectivity index (χ1) is 12.1. The highest BCUT2D eigenvalue weighted by Crippen LogP contribution is 2.35.